The lowest BCUT2D eigenvalue weighted by molar-refractivity contribution is 0.741. The Labute approximate surface area is 147 Å². The summed E-state index contributed by atoms with van der Waals surface area (Å²) in [6, 6.07) is 5.54. The van der Waals surface area contributed by atoms with E-state index in [0.717, 1.165) is 29.7 Å². The molecule has 0 amide bonds. The van der Waals surface area contributed by atoms with Crippen LogP contribution in [0.3, 0.4) is 0 Å². The molecule has 0 spiro atoms. The Morgan fingerprint density at radius 2 is 2.08 bits per heavy atom. The van der Waals surface area contributed by atoms with Crippen molar-refractivity contribution < 1.29 is 0 Å². The van der Waals surface area contributed by atoms with E-state index in [-0.39, 0.29) is 0 Å². The molecule has 0 bridgehead atoms. The zero-order valence-corrected chi connectivity index (χ0v) is 14.4. The molecule has 0 aliphatic rings. The van der Waals surface area contributed by atoms with Crippen molar-refractivity contribution in [3.63, 3.8) is 0 Å². The first-order valence-electron chi connectivity index (χ1n) is 7.94. The lowest BCUT2D eigenvalue weighted by Crippen LogP contribution is -2.21. The standard InChI is InChI=1S/C18H23N7/c1-12(21)15(9-20)16-3-4-17-18(25-16)7-13(11-24-17)14(8-19)10-23-6-5-22-2/h3-4,7-11,19,21-23H,5-6,20H2,1-2H3/b14-10+,15-9+,19-8?,21-12?. The number of rotatable bonds is 8. The fourth-order valence-corrected chi connectivity index (χ4v) is 2.30. The predicted octanol–water partition coefficient (Wildman–Crippen LogP) is 1.77. The van der Waals surface area contributed by atoms with Gasteiger partial charge in [0.2, 0.25) is 0 Å². The van der Waals surface area contributed by atoms with Crippen molar-refractivity contribution in [3.05, 3.63) is 48.1 Å². The molecule has 0 aromatic carbocycles. The van der Waals surface area contributed by atoms with E-state index in [1.165, 1.54) is 12.4 Å². The first kappa shape index (κ1) is 18.3. The molecule has 2 aromatic heterocycles. The maximum Gasteiger partial charge on any atom is 0.0900 e. The third-order valence-electron chi connectivity index (χ3n) is 3.65. The van der Waals surface area contributed by atoms with Gasteiger partial charge in [0.05, 0.1) is 16.7 Å². The lowest BCUT2D eigenvalue weighted by Gasteiger charge is -2.08. The van der Waals surface area contributed by atoms with Crippen LogP contribution in [0.1, 0.15) is 18.2 Å². The molecule has 2 aromatic rings. The molecular weight excluding hydrogens is 314 g/mol. The molecule has 130 valence electrons. The second kappa shape index (κ2) is 8.70. The van der Waals surface area contributed by atoms with Gasteiger partial charge in [-0.1, -0.05) is 0 Å². The van der Waals surface area contributed by atoms with Crippen LogP contribution in [-0.4, -0.2) is 42.0 Å². The number of fused-ring (bicyclic) bond motifs is 1. The van der Waals surface area contributed by atoms with Gasteiger partial charge in [-0.2, -0.15) is 0 Å². The van der Waals surface area contributed by atoms with Crippen LogP contribution in [0.5, 0.6) is 0 Å². The molecular formula is C18H23N7. The molecule has 0 radical (unpaired) electrons. The zero-order chi connectivity index (χ0) is 18.2. The third kappa shape index (κ3) is 4.48. The van der Waals surface area contributed by atoms with E-state index in [9.17, 15) is 0 Å². The van der Waals surface area contributed by atoms with Crippen LogP contribution in [0.4, 0.5) is 0 Å². The Morgan fingerprint density at radius 1 is 1.28 bits per heavy atom. The first-order valence-corrected chi connectivity index (χ1v) is 7.94. The van der Waals surface area contributed by atoms with E-state index in [0.29, 0.717) is 22.5 Å². The number of nitrogens with one attached hydrogen (secondary N) is 4. The van der Waals surface area contributed by atoms with Crippen molar-refractivity contribution in [3.8, 4) is 0 Å². The van der Waals surface area contributed by atoms with E-state index in [1.807, 2.05) is 19.2 Å². The van der Waals surface area contributed by atoms with Gasteiger partial charge < -0.3 is 27.2 Å². The highest BCUT2D eigenvalue weighted by molar-refractivity contribution is 6.20. The third-order valence-corrected chi connectivity index (χ3v) is 3.65. The maximum absolute atomic E-state index is 7.79. The molecule has 7 nitrogen and oxygen atoms in total. The Morgan fingerprint density at radius 3 is 2.72 bits per heavy atom. The number of hydrogen-bond acceptors (Lipinski definition) is 7. The van der Waals surface area contributed by atoms with Crippen LogP contribution >= 0.6 is 0 Å². The first-order chi connectivity index (χ1) is 12.1. The molecule has 6 N–H and O–H groups in total. The van der Waals surface area contributed by atoms with Gasteiger partial charge in [0.15, 0.2) is 0 Å². The SMILES string of the molecule is CNCCN/C=C(\C=N)c1cnc2ccc(/C(=C/N)C(C)=N)nc2c1. The molecule has 0 aliphatic carbocycles. The van der Waals surface area contributed by atoms with Crippen molar-refractivity contribution in [2.75, 3.05) is 20.1 Å². The van der Waals surface area contributed by atoms with Crippen molar-refractivity contribution in [2.24, 2.45) is 5.73 Å². The van der Waals surface area contributed by atoms with Crippen LogP contribution in [0.15, 0.2) is 36.8 Å². The highest BCUT2D eigenvalue weighted by atomic mass is 14.9. The van der Waals surface area contributed by atoms with E-state index in [4.69, 9.17) is 16.6 Å². The minimum absolute atomic E-state index is 0.354. The van der Waals surface area contributed by atoms with Gasteiger partial charge in [-0.15, -0.1) is 0 Å². The molecule has 0 aliphatic heterocycles. The fraction of sp³-hybridized carbons (Fsp3) is 0.222. The van der Waals surface area contributed by atoms with Crippen molar-refractivity contribution in [1.29, 1.82) is 10.8 Å². The normalized spacial score (nSPS) is 12.2. The molecule has 2 heterocycles. The number of allylic oxidation sites excluding steroid dienone is 2. The van der Waals surface area contributed by atoms with Crippen LogP contribution in [-0.2, 0) is 0 Å². The number of likely N-dealkylation sites (N-methyl/N-ethyl adjacent to an activating group) is 1. The van der Waals surface area contributed by atoms with Crippen LogP contribution in [0, 0.1) is 10.8 Å². The second-order valence-electron chi connectivity index (χ2n) is 5.47. The summed E-state index contributed by atoms with van der Waals surface area (Å²) in [6.45, 7) is 3.27. The summed E-state index contributed by atoms with van der Waals surface area (Å²) in [5.41, 5.74) is 10.2. The average Bonchev–Trinajstić information content (AvgIpc) is 2.61. The summed E-state index contributed by atoms with van der Waals surface area (Å²) >= 11 is 0. The number of aromatic nitrogens is 2. The summed E-state index contributed by atoms with van der Waals surface area (Å²) in [5, 5.41) is 21.6. The molecule has 2 rings (SSSR count). The molecule has 0 saturated carbocycles. The fourth-order valence-electron chi connectivity index (χ4n) is 2.30. The quantitative estimate of drug-likeness (QED) is 0.371. The smallest absolute Gasteiger partial charge is 0.0900 e. The van der Waals surface area contributed by atoms with E-state index in [2.05, 4.69) is 20.6 Å². The summed E-state index contributed by atoms with van der Waals surface area (Å²) in [4.78, 5) is 8.98. The minimum atomic E-state index is 0.354. The van der Waals surface area contributed by atoms with Gasteiger partial charge in [-0.3, -0.25) is 4.98 Å². The molecule has 0 saturated heterocycles. The van der Waals surface area contributed by atoms with E-state index >= 15 is 0 Å². The van der Waals surface area contributed by atoms with Gasteiger partial charge >= 0.3 is 0 Å². The van der Waals surface area contributed by atoms with E-state index in [1.54, 1.807) is 25.4 Å². The zero-order valence-electron chi connectivity index (χ0n) is 14.4. The van der Waals surface area contributed by atoms with Gasteiger partial charge in [-0.05, 0) is 32.2 Å². The van der Waals surface area contributed by atoms with Crippen LogP contribution in [0.2, 0.25) is 0 Å². The highest BCUT2D eigenvalue weighted by Gasteiger charge is 2.08. The number of pyridine rings is 2. The maximum atomic E-state index is 7.79. The van der Waals surface area contributed by atoms with Crippen molar-refractivity contribution in [1.82, 2.24) is 20.6 Å². The second-order valence-corrected chi connectivity index (χ2v) is 5.47. The Balaban J connectivity index is 2.39. The van der Waals surface area contributed by atoms with E-state index < -0.39 is 0 Å². The highest BCUT2D eigenvalue weighted by Crippen LogP contribution is 2.20. The Kier molecular flexibility index (Phi) is 6.36. The summed E-state index contributed by atoms with van der Waals surface area (Å²) in [7, 11) is 1.89. The summed E-state index contributed by atoms with van der Waals surface area (Å²) < 4.78 is 0. The number of nitrogens with two attached hydrogens (primary N) is 1. The monoisotopic (exact) mass is 337 g/mol. The lowest BCUT2D eigenvalue weighted by atomic mass is 10.1. The summed E-state index contributed by atoms with van der Waals surface area (Å²) in [6.07, 6.45) is 6.19. The molecule has 0 unspecified atom stereocenters. The number of nitrogens with zero attached hydrogens (tertiary/aromatic N) is 2. The van der Waals surface area contributed by atoms with Crippen molar-refractivity contribution in [2.45, 2.75) is 6.92 Å². The van der Waals surface area contributed by atoms with Crippen molar-refractivity contribution >= 4 is 34.1 Å². The number of hydrogen-bond donors (Lipinski definition) is 5. The molecule has 7 heteroatoms. The van der Waals surface area contributed by atoms with Gasteiger partial charge in [0.25, 0.3) is 0 Å². The molecule has 25 heavy (non-hydrogen) atoms. The molecule has 0 atom stereocenters. The van der Waals surface area contributed by atoms with Gasteiger partial charge in [0.1, 0.15) is 0 Å². The molecule has 0 fully saturated rings. The van der Waals surface area contributed by atoms with Gasteiger partial charge in [0, 0.05) is 60.3 Å². The Bertz CT molecular complexity index is 836. The average molecular weight is 337 g/mol. The predicted molar refractivity (Wildman–Crippen MR) is 104 cm³/mol. The minimum Gasteiger partial charge on any atom is -0.404 e. The largest absolute Gasteiger partial charge is 0.404 e. The van der Waals surface area contributed by atoms with Crippen LogP contribution in [0.25, 0.3) is 22.2 Å². The van der Waals surface area contributed by atoms with Crippen LogP contribution < -0.4 is 16.4 Å². The van der Waals surface area contributed by atoms with Gasteiger partial charge in [-0.25, -0.2) is 4.98 Å². The summed E-state index contributed by atoms with van der Waals surface area (Å²) in [5.74, 6) is 0. The Hall–Kier alpha value is -3.06. The topological polar surface area (TPSA) is 124 Å².